The van der Waals surface area contributed by atoms with Gasteiger partial charge < -0.3 is 30.6 Å². The molecule has 7 nitrogen and oxygen atoms in total. The largest absolute Gasteiger partial charge is 0.390 e. The molecule has 3 unspecified atom stereocenters. The molecule has 0 aromatic rings. The molecule has 0 heterocycles. The highest BCUT2D eigenvalue weighted by Gasteiger charge is 2.69. The number of carbonyl (C=O) groups excluding carboxylic acids is 1. The van der Waals surface area contributed by atoms with E-state index in [1.165, 1.54) is 0 Å². The van der Waals surface area contributed by atoms with E-state index >= 15 is 0 Å². The van der Waals surface area contributed by atoms with E-state index in [2.05, 4.69) is 0 Å². The molecule has 0 bridgehead atoms. The van der Waals surface area contributed by atoms with Crippen molar-refractivity contribution in [1.29, 1.82) is 0 Å². The molecule has 6 N–H and O–H groups in total. The standard InChI is InChI=1S/C29H48O7/c1-7-16(25(2,3)34)12-24(33)28(6,35)23-9-11-29(36)18-13-20(30)19-14-21(31)22(32)15-26(19,4)17(18)8-10-27(23,29)5/h13,16-17,19,21-24,31-36H,7-12,14-15H2,1-6H3/t16?,17?,19-,21+,22-,23+,24+,26+,27+,28?,29+/m0/s1. The van der Waals surface area contributed by atoms with E-state index in [0.717, 1.165) is 0 Å². The average molecular weight is 509 g/mol. The minimum Gasteiger partial charge on any atom is -0.390 e. The third-order valence-corrected chi connectivity index (χ3v) is 11.5. The van der Waals surface area contributed by atoms with Crippen molar-refractivity contribution in [3.05, 3.63) is 11.6 Å². The molecule has 0 amide bonds. The molecule has 36 heavy (non-hydrogen) atoms. The molecule has 206 valence electrons. The summed E-state index contributed by atoms with van der Waals surface area (Å²) in [7, 11) is 0. The van der Waals surface area contributed by atoms with Crippen LogP contribution in [0.2, 0.25) is 0 Å². The van der Waals surface area contributed by atoms with Crippen LogP contribution in [0.4, 0.5) is 0 Å². The van der Waals surface area contributed by atoms with Gasteiger partial charge in [-0.25, -0.2) is 0 Å². The topological polar surface area (TPSA) is 138 Å². The van der Waals surface area contributed by atoms with Gasteiger partial charge in [-0.3, -0.25) is 4.79 Å². The first-order valence-corrected chi connectivity index (χ1v) is 13.9. The molecule has 7 heteroatoms. The van der Waals surface area contributed by atoms with E-state index in [1.807, 2.05) is 20.8 Å². The zero-order chi connectivity index (χ0) is 27.1. The Morgan fingerprint density at radius 2 is 1.69 bits per heavy atom. The summed E-state index contributed by atoms with van der Waals surface area (Å²) in [6.07, 6.45) is 2.42. The molecule has 3 fully saturated rings. The number of ketones is 1. The summed E-state index contributed by atoms with van der Waals surface area (Å²) >= 11 is 0. The van der Waals surface area contributed by atoms with Gasteiger partial charge in [0, 0.05) is 11.3 Å². The number of rotatable bonds is 6. The molecule has 0 aliphatic heterocycles. The summed E-state index contributed by atoms with van der Waals surface area (Å²) in [5, 5.41) is 66.6. The molecule has 4 aliphatic carbocycles. The van der Waals surface area contributed by atoms with Crippen LogP contribution >= 0.6 is 0 Å². The second kappa shape index (κ2) is 8.85. The lowest BCUT2D eigenvalue weighted by molar-refractivity contribution is -0.179. The van der Waals surface area contributed by atoms with Gasteiger partial charge in [0.05, 0.1) is 35.1 Å². The van der Waals surface area contributed by atoms with E-state index in [4.69, 9.17) is 0 Å². The van der Waals surface area contributed by atoms with Crippen molar-refractivity contribution >= 4 is 5.78 Å². The van der Waals surface area contributed by atoms with E-state index in [0.29, 0.717) is 44.1 Å². The molecule has 0 aromatic heterocycles. The lowest BCUT2D eigenvalue weighted by Gasteiger charge is -2.60. The van der Waals surface area contributed by atoms with Crippen molar-refractivity contribution in [2.24, 2.45) is 34.5 Å². The van der Waals surface area contributed by atoms with Gasteiger partial charge in [-0.2, -0.15) is 0 Å². The summed E-state index contributed by atoms with van der Waals surface area (Å²) in [6, 6.07) is 0. The fourth-order valence-electron chi connectivity index (χ4n) is 9.00. The Kier molecular flexibility index (Phi) is 6.93. The van der Waals surface area contributed by atoms with Gasteiger partial charge in [0.25, 0.3) is 0 Å². The molecule has 4 aliphatic rings. The van der Waals surface area contributed by atoms with Crippen LogP contribution in [0.15, 0.2) is 11.6 Å². The minimum absolute atomic E-state index is 0.0892. The van der Waals surface area contributed by atoms with Crippen LogP contribution in [-0.4, -0.2) is 71.5 Å². The van der Waals surface area contributed by atoms with Gasteiger partial charge in [0.2, 0.25) is 0 Å². The van der Waals surface area contributed by atoms with Crippen molar-refractivity contribution in [3.63, 3.8) is 0 Å². The molecular weight excluding hydrogens is 460 g/mol. The third kappa shape index (κ3) is 3.95. The fraction of sp³-hybridized carbons (Fsp3) is 0.897. The summed E-state index contributed by atoms with van der Waals surface area (Å²) < 4.78 is 0. The van der Waals surface area contributed by atoms with Crippen molar-refractivity contribution in [1.82, 2.24) is 0 Å². The maximum Gasteiger partial charge on any atom is 0.159 e. The van der Waals surface area contributed by atoms with E-state index < -0.39 is 51.9 Å². The Morgan fingerprint density at radius 1 is 1.06 bits per heavy atom. The second-order valence-electron chi connectivity index (χ2n) is 13.8. The Hall–Kier alpha value is -0.830. The number of allylic oxidation sites excluding steroid dienone is 1. The van der Waals surface area contributed by atoms with E-state index in [9.17, 15) is 35.4 Å². The highest BCUT2D eigenvalue weighted by atomic mass is 16.3. The number of aliphatic hydroxyl groups excluding tert-OH is 3. The third-order valence-electron chi connectivity index (χ3n) is 11.5. The van der Waals surface area contributed by atoms with Crippen LogP contribution in [0.5, 0.6) is 0 Å². The first-order chi connectivity index (χ1) is 16.4. The maximum atomic E-state index is 13.3. The molecule has 11 atom stereocenters. The quantitative estimate of drug-likeness (QED) is 0.324. The van der Waals surface area contributed by atoms with Crippen molar-refractivity contribution in [2.45, 2.75) is 128 Å². The molecular formula is C29H48O7. The van der Waals surface area contributed by atoms with Crippen LogP contribution in [0.25, 0.3) is 0 Å². The lowest BCUT2D eigenvalue weighted by atomic mass is 9.45. The molecule has 0 aromatic carbocycles. The summed E-state index contributed by atoms with van der Waals surface area (Å²) in [6.45, 7) is 11.1. The van der Waals surface area contributed by atoms with Gasteiger partial charge in [-0.1, -0.05) is 27.2 Å². The molecule has 4 rings (SSSR count). The number of hydrogen-bond donors (Lipinski definition) is 6. The lowest BCUT2D eigenvalue weighted by Crippen LogP contribution is -2.63. The SMILES string of the molecule is CCC(C[C@@H](O)C(C)(O)[C@@H]1CC[C@@]2(O)C3=CC(=O)[C@@H]4C[C@@H](O)[C@@H](O)C[C@]4(C)C3CC[C@]12C)C(C)(C)O. The summed E-state index contributed by atoms with van der Waals surface area (Å²) in [4.78, 5) is 13.3. The van der Waals surface area contributed by atoms with Crippen molar-refractivity contribution in [2.75, 3.05) is 0 Å². The number of hydrogen-bond acceptors (Lipinski definition) is 7. The van der Waals surface area contributed by atoms with E-state index in [1.54, 1.807) is 26.8 Å². The van der Waals surface area contributed by atoms with Gasteiger partial charge in [-0.05, 0) is 101 Å². The normalized spacial score (nSPS) is 46.2. The summed E-state index contributed by atoms with van der Waals surface area (Å²) in [5.74, 6) is -1.16. The van der Waals surface area contributed by atoms with Crippen LogP contribution in [-0.2, 0) is 4.79 Å². The van der Waals surface area contributed by atoms with Gasteiger partial charge in [-0.15, -0.1) is 0 Å². The van der Waals surface area contributed by atoms with Gasteiger partial charge >= 0.3 is 0 Å². The Balaban J connectivity index is 1.66. The Labute approximate surface area is 215 Å². The van der Waals surface area contributed by atoms with Gasteiger partial charge in [0.1, 0.15) is 0 Å². The predicted octanol–water partition coefficient (Wildman–Crippen LogP) is 2.49. The van der Waals surface area contributed by atoms with Gasteiger partial charge in [0.15, 0.2) is 5.78 Å². The Bertz CT molecular complexity index is 906. The monoisotopic (exact) mass is 508 g/mol. The van der Waals surface area contributed by atoms with Crippen LogP contribution in [0.1, 0.15) is 92.9 Å². The minimum atomic E-state index is -1.48. The molecule has 0 saturated heterocycles. The van der Waals surface area contributed by atoms with Crippen LogP contribution in [0, 0.1) is 34.5 Å². The highest BCUT2D eigenvalue weighted by molar-refractivity contribution is 5.95. The van der Waals surface area contributed by atoms with Crippen LogP contribution in [0.3, 0.4) is 0 Å². The fourth-order valence-corrected chi connectivity index (χ4v) is 9.00. The first-order valence-electron chi connectivity index (χ1n) is 13.9. The van der Waals surface area contributed by atoms with Crippen molar-refractivity contribution < 1.29 is 35.4 Å². The summed E-state index contributed by atoms with van der Waals surface area (Å²) in [5.41, 5.74) is -4.34. The first kappa shape index (κ1) is 28.2. The molecule has 0 spiro atoms. The molecule has 3 saturated carbocycles. The number of fused-ring (bicyclic) bond motifs is 5. The zero-order valence-corrected chi connectivity index (χ0v) is 22.9. The number of carbonyl (C=O) groups is 1. The molecule has 0 radical (unpaired) electrons. The number of aliphatic hydroxyl groups is 6. The van der Waals surface area contributed by atoms with Crippen molar-refractivity contribution in [3.8, 4) is 0 Å². The Morgan fingerprint density at radius 3 is 2.28 bits per heavy atom. The highest BCUT2D eigenvalue weighted by Crippen LogP contribution is 2.68. The second-order valence-corrected chi connectivity index (χ2v) is 13.8. The average Bonchev–Trinajstić information content (AvgIpc) is 3.05. The zero-order valence-electron chi connectivity index (χ0n) is 22.9. The maximum absolute atomic E-state index is 13.3. The van der Waals surface area contributed by atoms with E-state index in [-0.39, 0.29) is 36.4 Å². The predicted molar refractivity (Wildman–Crippen MR) is 136 cm³/mol. The smallest absolute Gasteiger partial charge is 0.159 e. The van der Waals surface area contributed by atoms with Crippen LogP contribution < -0.4 is 0 Å².